The molecule has 2 heterocycles. The fraction of sp³-hybridized carbons (Fsp3) is 0.154. The summed E-state index contributed by atoms with van der Waals surface area (Å²) < 4.78 is 1.36. The molecule has 3 heteroatoms. The van der Waals surface area contributed by atoms with E-state index in [2.05, 4.69) is 43.1 Å². The van der Waals surface area contributed by atoms with Gasteiger partial charge < -0.3 is 0 Å². The topological polar surface area (TPSA) is 12.9 Å². The number of fused-ring (bicyclic) bond motifs is 1. The smallest absolute Gasteiger partial charge is 0.0900 e. The Hall–Kier alpha value is -1.19. The average molecular weight is 245 g/mol. The summed E-state index contributed by atoms with van der Waals surface area (Å²) in [6, 6.07) is 8.58. The number of aromatic nitrogens is 1. The highest BCUT2D eigenvalue weighted by Crippen LogP contribution is 2.39. The molecule has 0 saturated heterocycles. The van der Waals surface area contributed by atoms with Gasteiger partial charge in [0.2, 0.25) is 0 Å². The zero-order valence-corrected chi connectivity index (χ0v) is 10.8. The second kappa shape index (κ2) is 3.68. The van der Waals surface area contributed by atoms with Crippen molar-refractivity contribution in [3.8, 4) is 9.75 Å². The van der Waals surface area contributed by atoms with Crippen molar-refractivity contribution in [3.05, 3.63) is 41.0 Å². The predicted molar refractivity (Wildman–Crippen MR) is 72.4 cm³/mol. The Kier molecular flexibility index (Phi) is 2.30. The molecule has 0 radical (unpaired) electrons. The molecular formula is C13H11NS2. The number of hydrogen-bond donors (Lipinski definition) is 0. The quantitative estimate of drug-likeness (QED) is 0.608. The molecule has 0 saturated carbocycles. The average Bonchev–Trinajstić information content (AvgIpc) is 2.84. The van der Waals surface area contributed by atoms with Crippen molar-refractivity contribution in [2.24, 2.45) is 0 Å². The fourth-order valence-electron chi connectivity index (χ4n) is 1.88. The van der Waals surface area contributed by atoms with E-state index >= 15 is 0 Å². The maximum atomic E-state index is 4.33. The normalized spacial score (nSPS) is 11.1. The van der Waals surface area contributed by atoms with Gasteiger partial charge in [-0.25, -0.2) is 4.98 Å². The van der Waals surface area contributed by atoms with Crippen LogP contribution in [-0.2, 0) is 0 Å². The minimum atomic E-state index is 1.13. The number of thiazole rings is 1. The summed E-state index contributed by atoms with van der Waals surface area (Å²) in [6.45, 7) is 4.25. The van der Waals surface area contributed by atoms with Crippen LogP contribution in [0.25, 0.3) is 19.8 Å². The number of nitrogens with zero attached hydrogens (tertiary/aromatic N) is 1. The number of hydrogen-bond acceptors (Lipinski definition) is 3. The zero-order valence-electron chi connectivity index (χ0n) is 9.15. The van der Waals surface area contributed by atoms with Crippen LogP contribution >= 0.6 is 22.7 Å². The summed E-state index contributed by atoms with van der Waals surface area (Å²) in [4.78, 5) is 6.99. The van der Waals surface area contributed by atoms with Crippen LogP contribution in [0.4, 0.5) is 0 Å². The molecule has 0 unspecified atom stereocenters. The molecule has 0 bridgehead atoms. The Morgan fingerprint density at radius 3 is 2.56 bits per heavy atom. The molecule has 0 aliphatic carbocycles. The third-order valence-corrected chi connectivity index (χ3v) is 5.05. The molecule has 80 valence electrons. The van der Waals surface area contributed by atoms with E-state index in [1.165, 1.54) is 25.4 Å². The molecule has 16 heavy (non-hydrogen) atoms. The van der Waals surface area contributed by atoms with Crippen molar-refractivity contribution in [3.63, 3.8) is 0 Å². The molecule has 2 aromatic heterocycles. The Bertz CT molecular complexity index is 649. The van der Waals surface area contributed by atoms with Crippen molar-refractivity contribution < 1.29 is 0 Å². The Balaban J connectivity index is 2.28. The van der Waals surface area contributed by atoms with Gasteiger partial charge in [-0.05, 0) is 30.9 Å². The van der Waals surface area contributed by atoms with Crippen LogP contribution in [0.15, 0.2) is 30.5 Å². The molecule has 3 rings (SSSR count). The maximum absolute atomic E-state index is 4.33. The van der Waals surface area contributed by atoms with Gasteiger partial charge in [-0.2, -0.15) is 0 Å². The van der Waals surface area contributed by atoms with E-state index in [0.29, 0.717) is 0 Å². The van der Waals surface area contributed by atoms with E-state index in [1.807, 2.05) is 17.5 Å². The largest absolute Gasteiger partial charge is 0.249 e. The van der Waals surface area contributed by atoms with Gasteiger partial charge in [0, 0.05) is 10.9 Å². The van der Waals surface area contributed by atoms with E-state index in [4.69, 9.17) is 0 Å². The minimum Gasteiger partial charge on any atom is -0.249 e. The van der Waals surface area contributed by atoms with Gasteiger partial charge in [-0.15, -0.1) is 22.7 Å². The monoisotopic (exact) mass is 245 g/mol. The molecule has 0 amide bonds. The van der Waals surface area contributed by atoms with Crippen LogP contribution in [0.5, 0.6) is 0 Å². The lowest BCUT2D eigenvalue weighted by Gasteiger charge is -1.93. The Morgan fingerprint density at radius 1 is 1.06 bits per heavy atom. The fourth-order valence-corrected chi connectivity index (χ4v) is 4.01. The van der Waals surface area contributed by atoms with Crippen molar-refractivity contribution in [1.29, 1.82) is 0 Å². The third kappa shape index (κ3) is 1.47. The second-order valence-electron chi connectivity index (χ2n) is 3.80. The molecule has 0 fully saturated rings. The molecule has 3 aromatic rings. The molecule has 1 nitrogen and oxygen atoms in total. The van der Waals surface area contributed by atoms with E-state index < -0.39 is 0 Å². The highest BCUT2D eigenvalue weighted by Gasteiger charge is 2.11. The number of benzene rings is 1. The van der Waals surface area contributed by atoms with Crippen molar-refractivity contribution in [2.45, 2.75) is 13.8 Å². The standard InChI is InChI=1S/C13H11NS2/c1-8-10-5-3-4-6-11(10)16-13(8)12-7-14-9(2)15-12/h3-7H,1-2H3. The lowest BCUT2D eigenvalue weighted by Crippen LogP contribution is -1.70. The predicted octanol–water partition coefficient (Wildman–Crippen LogP) is 4.64. The molecule has 0 aliphatic rings. The van der Waals surface area contributed by atoms with Crippen LogP contribution in [0.3, 0.4) is 0 Å². The SMILES string of the molecule is Cc1ncc(-c2sc3ccccc3c2C)s1. The summed E-state index contributed by atoms with van der Waals surface area (Å²) in [6.07, 6.45) is 1.98. The van der Waals surface area contributed by atoms with Gasteiger partial charge in [0.25, 0.3) is 0 Å². The minimum absolute atomic E-state index is 1.13. The lowest BCUT2D eigenvalue weighted by molar-refractivity contribution is 1.30. The van der Waals surface area contributed by atoms with Gasteiger partial charge in [-0.1, -0.05) is 18.2 Å². The molecular weight excluding hydrogens is 234 g/mol. The third-order valence-electron chi connectivity index (χ3n) is 2.69. The lowest BCUT2D eigenvalue weighted by atomic mass is 10.1. The van der Waals surface area contributed by atoms with Crippen LogP contribution in [0.1, 0.15) is 10.6 Å². The highest BCUT2D eigenvalue weighted by atomic mass is 32.1. The number of thiophene rings is 1. The highest BCUT2D eigenvalue weighted by molar-refractivity contribution is 7.26. The molecule has 1 aromatic carbocycles. The summed E-state index contributed by atoms with van der Waals surface area (Å²) in [5, 5.41) is 2.50. The summed E-state index contributed by atoms with van der Waals surface area (Å²) in [5.41, 5.74) is 1.38. The first-order valence-corrected chi connectivity index (χ1v) is 6.80. The van der Waals surface area contributed by atoms with E-state index in [0.717, 1.165) is 5.01 Å². The van der Waals surface area contributed by atoms with Crippen molar-refractivity contribution in [2.75, 3.05) is 0 Å². The van der Waals surface area contributed by atoms with Gasteiger partial charge in [0.05, 0.1) is 14.8 Å². The number of rotatable bonds is 1. The maximum Gasteiger partial charge on any atom is 0.0900 e. The van der Waals surface area contributed by atoms with Crippen LogP contribution < -0.4 is 0 Å². The van der Waals surface area contributed by atoms with Gasteiger partial charge in [0.1, 0.15) is 0 Å². The van der Waals surface area contributed by atoms with Gasteiger partial charge in [0.15, 0.2) is 0 Å². The summed E-state index contributed by atoms with van der Waals surface area (Å²) in [7, 11) is 0. The first-order valence-electron chi connectivity index (χ1n) is 5.16. The van der Waals surface area contributed by atoms with Crippen LogP contribution in [0, 0.1) is 13.8 Å². The summed E-state index contributed by atoms with van der Waals surface area (Å²) >= 11 is 3.63. The van der Waals surface area contributed by atoms with Gasteiger partial charge in [-0.3, -0.25) is 0 Å². The van der Waals surface area contributed by atoms with Crippen LogP contribution in [-0.4, -0.2) is 4.98 Å². The van der Waals surface area contributed by atoms with Crippen molar-refractivity contribution in [1.82, 2.24) is 4.98 Å². The van der Waals surface area contributed by atoms with Crippen LogP contribution in [0.2, 0.25) is 0 Å². The summed E-state index contributed by atoms with van der Waals surface area (Å²) in [5.74, 6) is 0. The van der Waals surface area contributed by atoms with Gasteiger partial charge >= 0.3 is 0 Å². The first kappa shape index (κ1) is 10.00. The second-order valence-corrected chi connectivity index (χ2v) is 6.08. The van der Waals surface area contributed by atoms with Crippen molar-refractivity contribution >= 4 is 32.8 Å². The molecule has 0 atom stereocenters. The zero-order chi connectivity index (χ0) is 11.1. The first-order chi connectivity index (χ1) is 7.75. The van der Waals surface area contributed by atoms with E-state index in [1.54, 1.807) is 11.3 Å². The van der Waals surface area contributed by atoms with E-state index in [9.17, 15) is 0 Å². The Morgan fingerprint density at radius 2 is 1.88 bits per heavy atom. The Labute approximate surface area is 102 Å². The molecule has 0 aliphatic heterocycles. The molecule has 0 spiro atoms. The van der Waals surface area contributed by atoms with E-state index in [-0.39, 0.29) is 0 Å². The molecule has 0 N–H and O–H groups in total. The number of aryl methyl sites for hydroxylation is 2.